The van der Waals surface area contributed by atoms with Crippen LogP contribution >= 0.6 is 0 Å². The van der Waals surface area contributed by atoms with Crippen molar-refractivity contribution in [3.63, 3.8) is 0 Å². The molecule has 0 bridgehead atoms. The minimum absolute atomic E-state index is 0.0991. The summed E-state index contributed by atoms with van der Waals surface area (Å²) in [7, 11) is 0. The third-order valence-corrected chi connectivity index (χ3v) is 2.53. The highest BCUT2D eigenvalue weighted by Gasteiger charge is 2.11. The lowest BCUT2D eigenvalue weighted by Crippen LogP contribution is -2.32. The quantitative estimate of drug-likeness (QED) is 0.829. The first-order chi connectivity index (χ1) is 8.90. The average Bonchev–Trinajstić information content (AvgIpc) is 2.34. The number of halogens is 1. The van der Waals surface area contributed by atoms with Crippen molar-refractivity contribution in [1.29, 1.82) is 0 Å². The van der Waals surface area contributed by atoms with Gasteiger partial charge >= 0.3 is 0 Å². The van der Waals surface area contributed by atoms with Crippen LogP contribution in [0.5, 0.6) is 5.75 Å². The van der Waals surface area contributed by atoms with Crippen LogP contribution in [0.4, 0.5) is 4.39 Å². The Morgan fingerprint density at radius 2 is 2.11 bits per heavy atom. The number of amides is 1. The molecule has 1 amide bonds. The molecule has 0 heterocycles. The Morgan fingerprint density at radius 1 is 1.42 bits per heavy atom. The highest BCUT2D eigenvalue weighted by molar-refractivity contribution is 5.77. The van der Waals surface area contributed by atoms with Gasteiger partial charge < -0.3 is 15.8 Å². The van der Waals surface area contributed by atoms with Crippen molar-refractivity contribution in [1.82, 2.24) is 5.32 Å². The van der Waals surface area contributed by atoms with Crippen LogP contribution in [0.1, 0.15) is 32.4 Å². The summed E-state index contributed by atoms with van der Waals surface area (Å²) < 4.78 is 18.5. The summed E-state index contributed by atoms with van der Waals surface area (Å²) in [5, 5.41) is 2.74. The third-order valence-electron chi connectivity index (χ3n) is 2.53. The van der Waals surface area contributed by atoms with Crippen molar-refractivity contribution in [3.05, 3.63) is 29.6 Å². The Bertz CT molecular complexity index is 433. The van der Waals surface area contributed by atoms with Gasteiger partial charge in [-0.05, 0) is 31.0 Å². The van der Waals surface area contributed by atoms with Crippen molar-refractivity contribution in [3.8, 4) is 5.75 Å². The Balaban J connectivity index is 2.60. The zero-order valence-corrected chi connectivity index (χ0v) is 11.6. The third kappa shape index (κ3) is 5.26. The molecule has 1 aromatic rings. The smallest absolute Gasteiger partial charge is 0.257 e. The fourth-order valence-electron chi connectivity index (χ4n) is 1.52. The zero-order valence-electron chi connectivity index (χ0n) is 11.6. The van der Waals surface area contributed by atoms with Gasteiger partial charge in [0.15, 0.2) is 6.61 Å². The van der Waals surface area contributed by atoms with E-state index in [1.54, 1.807) is 6.92 Å². The molecule has 0 spiro atoms. The number of nitrogens with one attached hydrogen (secondary N) is 1. The molecule has 0 saturated heterocycles. The summed E-state index contributed by atoms with van der Waals surface area (Å²) in [4.78, 5) is 11.5. The van der Waals surface area contributed by atoms with Gasteiger partial charge in [0.05, 0.1) is 0 Å². The molecule has 3 N–H and O–H groups in total. The number of rotatable bonds is 6. The van der Waals surface area contributed by atoms with Gasteiger partial charge in [-0.1, -0.05) is 13.8 Å². The predicted molar refractivity (Wildman–Crippen MR) is 72.3 cm³/mol. The van der Waals surface area contributed by atoms with Gasteiger partial charge in [0.1, 0.15) is 11.6 Å². The van der Waals surface area contributed by atoms with E-state index < -0.39 is 0 Å². The molecule has 0 fully saturated rings. The number of hydrogen-bond donors (Lipinski definition) is 2. The second kappa shape index (κ2) is 7.09. The second-order valence-corrected chi connectivity index (χ2v) is 4.96. The monoisotopic (exact) mass is 268 g/mol. The lowest BCUT2D eigenvalue weighted by Gasteiger charge is -2.14. The Labute approximate surface area is 113 Å². The van der Waals surface area contributed by atoms with Gasteiger partial charge in [0.2, 0.25) is 0 Å². The van der Waals surface area contributed by atoms with Crippen LogP contribution in [-0.4, -0.2) is 19.1 Å². The Morgan fingerprint density at radius 3 is 2.68 bits per heavy atom. The van der Waals surface area contributed by atoms with E-state index in [4.69, 9.17) is 10.5 Å². The van der Waals surface area contributed by atoms with Gasteiger partial charge in [-0.2, -0.15) is 0 Å². The molecule has 106 valence electrons. The van der Waals surface area contributed by atoms with E-state index in [1.807, 2.05) is 13.8 Å². The van der Waals surface area contributed by atoms with Gasteiger partial charge in [0.25, 0.3) is 5.91 Å². The molecule has 0 aliphatic rings. The summed E-state index contributed by atoms with van der Waals surface area (Å²) in [6.07, 6.45) is 0. The van der Waals surface area contributed by atoms with E-state index in [1.165, 1.54) is 18.2 Å². The SMILES string of the molecule is CC(C)CNC(=O)COc1ccc(F)cc1[C@@H](C)N. The van der Waals surface area contributed by atoms with Crippen LogP contribution in [0.3, 0.4) is 0 Å². The molecular weight excluding hydrogens is 247 g/mol. The fraction of sp³-hybridized carbons (Fsp3) is 0.500. The van der Waals surface area contributed by atoms with Crippen LogP contribution in [0.2, 0.25) is 0 Å². The Kier molecular flexibility index (Phi) is 5.76. The van der Waals surface area contributed by atoms with Crippen molar-refractivity contribution in [2.75, 3.05) is 13.2 Å². The number of carbonyl (C=O) groups excluding carboxylic acids is 1. The normalized spacial score (nSPS) is 12.3. The van der Waals surface area contributed by atoms with Gasteiger partial charge in [0, 0.05) is 18.2 Å². The molecule has 0 aromatic heterocycles. The first-order valence-electron chi connectivity index (χ1n) is 6.34. The molecule has 0 aliphatic heterocycles. The number of hydrogen-bond acceptors (Lipinski definition) is 3. The lowest BCUT2D eigenvalue weighted by atomic mass is 10.1. The fourth-order valence-corrected chi connectivity index (χ4v) is 1.52. The van der Waals surface area contributed by atoms with Crippen molar-refractivity contribution < 1.29 is 13.9 Å². The molecule has 1 rings (SSSR count). The van der Waals surface area contributed by atoms with E-state index in [0.717, 1.165) is 0 Å². The summed E-state index contributed by atoms with van der Waals surface area (Å²) in [5.74, 6) is 0.253. The van der Waals surface area contributed by atoms with Crippen LogP contribution < -0.4 is 15.8 Å². The molecule has 19 heavy (non-hydrogen) atoms. The molecule has 0 radical (unpaired) electrons. The summed E-state index contributed by atoms with van der Waals surface area (Å²) in [6, 6.07) is 3.74. The van der Waals surface area contributed by atoms with Crippen LogP contribution in [-0.2, 0) is 4.79 Å². The Hall–Kier alpha value is -1.62. The number of benzene rings is 1. The molecule has 5 heteroatoms. The van der Waals surface area contributed by atoms with Crippen molar-refractivity contribution in [2.24, 2.45) is 11.7 Å². The maximum absolute atomic E-state index is 13.1. The molecule has 0 saturated carbocycles. The maximum atomic E-state index is 13.1. The van der Waals surface area contributed by atoms with Crippen LogP contribution in [0.15, 0.2) is 18.2 Å². The highest BCUT2D eigenvalue weighted by atomic mass is 19.1. The minimum Gasteiger partial charge on any atom is -0.483 e. The maximum Gasteiger partial charge on any atom is 0.257 e. The van der Waals surface area contributed by atoms with E-state index in [9.17, 15) is 9.18 Å². The lowest BCUT2D eigenvalue weighted by molar-refractivity contribution is -0.123. The van der Waals surface area contributed by atoms with E-state index >= 15 is 0 Å². The van der Waals surface area contributed by atoms with Gasteiger partial charge in [-0.3, -0.25) is 4.79 Å². The molecule has 1 aromatic carbocycles. The summed E-state index contributed by atoms with van der Waals surface area (Å²) >= 11 is 0. The topological polar surface area (TPSA) is 64.3 Å². The highest BCUT2D eigenvalue weighted by Crippen LogP contribution is 2.24. The zero-order chi connectivity index (χ0) is 14.4. The standard InChI is InChI=1S/C14H21FN2O2/c1-9(2)7-17-14(18)8-19-13-5-4-11(15)6-12(13)10(3)16/h4-6,9-10H,7-8,16H2,1-3H3,(H,17,18)/t10-/m1/s1. The minimum atomic E-state index is -0.371. The summed E-state index contributed by atoms with van der Waals surface area (Å²) in [5.41, 5.74) is 6.29. The average molecular weight is 268 g/mol. The predicted octanol–water partition coefficient (Wildman–Crippen LogP) is 2.00. The second-order valence-electron chi connectivity index (χ2n) is 4.96. The van der Waals surface area contributed by atoms with E-state index in [0.29, 0.717) is 23.8 Å². The first kappa shape index (κ1) is 15.4. The molecular formula is C14H21FN2O2. The first-order valence-corrected chi connectivity index (χ1v) is 6.34. The van der Waals surface area contributed by atoms with Crippen LogP contribution in [0, 0.1) is 11.7 Å². The van der Waals surface area contributed by atoms with E-state index in [2.05, 4.69) is 5.32 Å². The van der Waals surface area contributed by atoms with E-state index in [-0.39, 0.29) is 24.4 Å². The molecule has 4 nitrogen and oxygen atoms in total. The number of nitrogens with two attached hydrogens (primary N) is 1. The number of ether oxygens (including phenoxy) is 1. The number of carbonyl (C=O) groups is 1. The van der Waals surface area contributed by atoms with Crippen molar-refractivity contribution >= 4 is 5.91 Å². The summed E-state index contributed by atoms with van der Waals surface area (Å²) in [6.45, 7) is 6.26. The van der Waals surface area contributed by atoms with Crippen molar-refractivity contribution in [2.45, 2.75) is 26.8 Å². The molecule has 0 unspecified atom stereocenters. The molecule has 1 atom stereocenters. The largest absolute Gasteiger partial charge is 0.483 e. The molecule has 0 aliphatic carbocycles. The van der Waals surface area contributed by atoms with Crippen LogP contribution in [0.25, 0.3) is 0 Å². The van der Waals surface area contributed by atoms with Gasteiger partial charge in [-0.15, -0.1) is 0 Å². The van der Waals surface area contributed by atoms with Gasteiger partial charge in [-0.25, -0.2) is 4.39 Å².